The van der Waals surface area contributed by atoms with E-state index < -0.39 is 0 Å². The van der Waals surface area contributed by atoms with Crippen LogP contribution in [0.5, 0.6) is 17.2 Å². The first-order valence-corrected chi connectivity index (χ1v) is 13.9. The Morgan fingerprint density at radius 1 is 1.05 bits per heavy atom. The summed E-state index contributed by atoms with van der Waals surface area (Å²) in [5.41, 5.74) is 2.77. The summed E-state index contributed by atoms with van der Waals surface area (Å²) in [6, 6.07) is 25.8. The molecular formula is C32H33BrN4O2. The minimum absolute atomic E-state index is 0.218. The number of aromatic hydroxyl groups is 1. The number of rotatable bonds is 7. The highest BCUT2D eigenvalue weighted by molar-refractivity contribution is 9.11. The summed E-state index contributed by atoms with van der Waals surface area (Å²) < 4.78 is 6.85. The lowest BCUT2D eigenvalue weighted by atomic mass is 10.0. The van der Waals surface area contributed by atoms with E-state index in [2.05, 4.69) is 50.9 Å². The number of nitrogens with zero attached hydrogens (tertiary/aromatic N) is 3. The van der Waals surface area contributed by atoms with E-state index >= 15 is 0 Å². The summed E-state index contributed by atoms with van der Waals surface area (Å²) in [6.07, 6.45) is 5.72. The van der Waals surface area contributed by atoms with Gasteiger partial charge in [0.2, 0.25) is 0 Å². The van der Waals surface area contributed by atoms with Crippen LogP contribution in [0.1, 0.15) is 24.0 Å². The highest BCUT2D eigenvalue weighted by Crippen LogP contribution is 2.30. The third-order valence-corrected chi connectivity index (χ3v) is 7.66. The van der Waals surface area contributed by atoms with Crippen LogP contribution in [-0.2, 0) is 6.54 Å². The van der Waals surface area contributed by atoms with Crippen LogP contribution in [0, 0.1) is 0 Å². The van der Waals surface area contributed by atoms with Crippen LogP contribution in [0.4, 0.5) is 0 Å². The van der Waals surface area contributed by atoms with E-state index in [-0.39, 0.29) is 11.8 Å². The van der Waals surface area contributed by atoms with E-state index in [9.17, 15) is 5.11 Å². The van der Waals surface area contributed by atoms with Crippen molar-refractivity contribution in [2.24, 2.45) is 4.99 Å². The molecule has 2 N–H and O–H groups in total. The van der Waals surface area contributed by atoms with Gasteiger partial charge >= 0.3 is 0 Å². The zero-order valence-electron chi connectivity index (χ0n) is 22.1. The van der Waals surface area contributed by atoms with Gasteiger partial charge in [-0.15, -0.1) is 0 Å². The van der Waals surface area contributed by atoms with Gasteiger partial charge in [0, 0.05) is 38.3 Å². The molecule has 0 aliphatic carbocycles. The molecule has 0 radical (unpaired) electrons. The first-order chi connectivity index (χ1) is 19.0. The van der Waals surface area contributed by atoms with Gasteiger partial charge < -0.3 is 20.1 Å². The zero-order valence-corrected chi connectivity index (χ0v) is 23.6. The largest absolute Gasteiger partial charge is 0.507 e. The number of hydrogen-bond donors (Lipinski definition) is 2. The molecule has 3 aromatic rings. The Bertz CT molecular complexity index is 1410. The van der Waals surface area contributed by atoms with Gasteiger partial charge in [-0.2, -0.15) is 0 Å². The number of allylic oxidation sites excluding steroid dienone is 2. The number of halogens is 1. The Morgan fingerprint density at radius 2 is 1.77 bits per heavy atom. The molecule has 39 heavy (non-hydrogen) atoms. The molecule has 0 amide bonds. The van der Waals surface area contributed by atoms with Crippen LogP contribution in [0.15, 0.2) is 113 Å². The molecule has 7 heteroatoms. The van der Waals surface area contributed by atoms with Crippen LogP contribution < -0.4 is 10.1 Å². The van der Waals surface area contributed by atoms with Gasteiger partial charge in [-0.3, -0.25) is 9.89 Å². The molecular weight excluding hydrogens is 552 g/mol. The molecule has 1 fully saturated rings. The number of hydrogen-bond acceptors (Lipinski definition) is 5. The number of piperidine rings is 1. The molecule has 0 unspecified atom stereocenters. The maximum Gasteiger partial charge on any atom is 0.131 e. The molecule has 1 saturated heterocycles. The second-order valence-corrected chi connectivity index (χ2v) is 10.6. The van der Waals surface area contributed by atoms with Gasteiger partial charge in [-0.1, -0.05) is 55.1 Å². The van der Waals surface area contributed by atoms with Gasteiger partial charge in [0.1, 0.15) is 28.9 Å². The van der Waals surface area contributed by atoms with Crippen LogP contribution in [-0.4, -0.2) is 46.9 Å². The second kappa shape index (κ2) is 12.4. The Morgan fingerprint density at radius 3 is 2.51 bits per heavy atom. The number of phenolic OH excluding ortho intramolecular Hbond substituents is 1. The zero-order chi connectivity index (χ0) is 27.2. The first kappa shape index (κ1) is 26.8. The standard InChI is InChI=1S/C32H33BrN4O2/c1-3-28(33)32-35-29(27-14-7-8-15-30(27)38)21-31(36(32)2)34-24-16-18-37(19-17-24)22-23-10-9-13-26(20-23)39-25-11-5-4-6-12-25/h3-15,20-21,24,35,38H,1,16-19,22H2,2H3/b32-28+,34-31?. The fraction of sp³-hybridized carbons (Fsp3) is 0.219. The molecule has 2 aliphatic rings. The summed E-state index contributed by atoms with van der Waals surface area (Å²) in [5, 5.41) is 13.9. The van der Waals surface area contributed by atoms with E-state index in [1.54, 1.807) is 12.1 Å². The van der Waals surface area contributed by atoms with Crippen molar-refractivity contribution in [2.75, 3.05) is 20.1 Å². The Labute approximate surface area is 238 Å². The molecule has 2 aliphatic heterocycles. The summed E-state index contributed by atoms with van der Waals surface area (Å²) >= 11 is 3.61. The number of benzene rings is 3. The van der Waals surface area contributed by atoms with E-state index in [1.165, 1.54) is 5.56 Å². The minimum Gasteiger partial charge on any atom is -0.507 e. The van der Waals surface area contributed by atoms with Crippen LogP contribution >= 0.6 is 15.9 Å². The molecule has 0 bridgehead atoms. The lowest BCUT2D eigenvalue weighted by Gasteiger charge is -2.34. The van der Waals surface area contributed by atoms with Gasteiger partial charge in [-0.25, -0.2) is 0 Å². The number of likely N-dealkylation sites (tertiary alicyclic amines) is 1. The Kier molecular flexibility index (Phi) is 8.49. The number of likely N-dealkylation sites (N-methyl/N-ethyl adjacent to an activating group) is 1. The minimum atomic E-state index is 0.218. The fourth-order valence-electron chi connectivity index (χ4n) is 4.86. The monoisotopic (exact) mass is 584 g/mol. The van der Waals surface area contributed by atoms with Crippen molar-refractivity contribution in [3.63, 3.8) is 0 Å². The van der Waals surface area contributed by atoms with Gasteiger partial charge in [0.05, 0.1) is 16.2 Å². The highest BCUT2D eigenvalue weighted by atomic mass is 79.9. The maximum atomic E-state index is 10.5. The number of amidine groups is 1. The van der Waals surface area contributed by atoms with E-state index in [0.717, 1.165) is 71.4 Å². The van der Waals surface area contributed by atoms with E-state index in [1.807, 2.05) is 72.6 Å². The summed E-state index contributed by atoms with van der Waals surface area (Å²) in [6.45, 7) is 6.74. The normalized spacial score (nSPS) is 18.9. The smallest absolute Gasteiger partial charge is 0.131 e. The number of ether oxygens (including phenoxy) is 1. The lowest BCUT2D eigenvalue weighted by molar-refractivity contribution is 0.206. The van der Waals surface area contributed by atoms with Crippen LogP contribution in [0.3, 0.4) is 0 Å². The van der Waals surface area contributed by atoms with Crippen molar-refractivity contribution in [3.05, 3.63) is 119 Å². The van der Waals surface area contributed by atoms with E-state index in [0.29, 0.717) is 0 Å². The van der Waals surface area contributed by atoms with Crippen LogP contribution in [0.25, 0.3) is 5.70 Å². The van der Waals surface area contributed by atoms with Gasteiger partial charge in [0.25, 0.3) is 0 Å². The van der Waals surface area contributed by atoms with Crippen molar-refractivity contribution in [1.29, 1.82) is 0 Å². The molecule has 0 saturated carbocycles. The number of phenols is 1. The number of aliphatic imine (C=N–C) groups is 1. The third-order valence-electron chi connectivity index (χ3n) is 6.96. The average molecular weight is 586 g/mol. The molecule has 0 aromatic heterocycles. The fourth-order valence-corrected chi connectivity index (χ4v) is 5.22. The van der Waals surface area contributed by atoms with Crippen molar-refractivity contribution < 1.29 is 9.84 Å². The molecule has 200 valence electrons. The average Bonchev–Trinajstić information content (AvgIpc) is 2.96. The van der Waals surface area contributed by atoms with Crippen molar-refractivity contribution >= 4 is 27.5 Å². The summed E-state index contributed by atoms with van der Waals surface area (Å²) in [7, 11) is 1.99. The van der Waals surface area contributed by atoms with Crippen LogP contribution in [0.2, 0.25) is 0 Å². The molecule has 3 aromatic carbocycles. The predicted octanol–water partition coefficient (Wildman–Crippen LogP) is 6.87. The predicted molar refractivity (Wildman–Crippen MR) is 162 cm³/mol. The summed E-state index contributed by atoms with van der Waals surface area (Å²) in [5.74, 6) is 3.61. The second-order valence-electron chi connectivity index (χ2n) is 9.72. The summed E-state index contributed by atoms with van der Waals surface area (Å²) in [4.78, 5) is 9.67. The van der Waals surface area contributed by atoms with E-state index in [4.69, 9.17) is 9.73 Å². The first-order valence-electron chi connectivity index (χ1n) is 13.1. The topological polar surface area (TPSA) is 60.3 Å². The highest BCUT2D eigenvalue weighted by Gasteiger charge is 2.25. The Hall–Kier alpha value is -3.81. The Balaban J connectivity index is 1.27. The maximum absolute atomic E-state index is 10.5. The van der Waals surface area contributed by atoms with Crippen molar-refractivity contribution in [3.8, 4) is 17.2 Å². The molecule has 6 nitrogen and oxygen atoms in total. The lowest BCUT2D eigenvalue weighted by Crippen LogP contribution is -2.40. The SMILES string of the molecule is C=C/C(Br)=C1/NC(c2ccccc2O)=CC(=NC2CCN(Cc3cccc(Oc4ccccc4)c3)CC2)N1C. The number of nitrogens with one attached hydrogen (secondary N) is 1. The number of para-hydroxylation sites is 2. The molecule has 5 rings (SSSR count). The quantitative estimate of drug-likeness (QED) is 0.317. The van der Waals surface area contributed by atoms with Crippen molar-refractivity contribution in [1.82, 2.24) is 15.1 Å². The molecule has 0 atom stereocenters. The van der Waals surface area contributed by atoms with Gasteiger partial charge in [0.15, 0.2) is 0 Å². The van der Waals surface area contributed by atoms with Gasteiger partial charge in [-0.05, 0) is 70.7 Å². The van der Waals surface area contributed by atoms with Crippen molar-refractivity contribution in [2.45, 2.75) is 25.4 Å². The third kappa shape index (κ3) is 6.61. The molecule has 2 heterocycles. The molecule has 0 spiro atoms.